The molecule has 0 fully saturated rings. The van der Waals surface area contributed by atoms with Crippen LogP contribution in [0.4, 0.5) is 0 Å². The Hall–Kier alpha value is -2.74. The third-order valence-corrected chi connectivity index (χ3v) is 4.20. The van der Waals surface area contributed by atoms with Gasteiger partial charge in [-0.1, -0.05) is 23.0 Å². The highest BCUT2D eigenvalue weighted by molar-refractivity contribution is 7.16. The van der Waals surface area contributed by atoms with Gasteiger partial charge in [-0.15, -0.1) is 0 Å². The molecule has 0 unspecified atom stereocenters. The molecule has 0 N–H and O–H groups in total. The van der Waals surface area contributed by atoms with Crippen molar-refractivity contribution >= 4 is 22.3 Å². The smallest absolute Gasteiger partial charge is 0.342 e. The number of carbonyl (C=O) groups excluding carboxylic acids is 1. The number of benzene rings is 1. The fraction of sp³-hybridized carbons (Fsp3) is 0.250. The number of aromatic nitrogens is 3. The van der Waals surface area contributed by atoms with Crippen LogP contribution in [0.3, 0.4) is 0 Å². The van der Waals surface area contributed by atoms with Crippen molar-refractivity contribution < 1.29 is 14.3 Å². The summed E-state index contributed by atoms with van der Waals surface area (Å²) in [6.45, 7) is 3.58. The van der Waals surface area contributed by atoms with E-state index in [1.165, 1.54) is 29.0 Å². The average Bonchev–Trinajstić information content (AvgIpc) is 2.95. The minimum Gasteiger partial charge on any atom is -0.496 e. The van der Waals surface area contributed by atoms with Crippen LogP contribution < -0.4 is 10.3 Å². The Morgan fingerprint density at radius 2 is 2.08 bits per heavy atom. The van der Waals surface area contributed by atoms with Gasteiger partial charge >= 0.3 is 5.97 Å². The van der Waals surface area contributed by atoms with Crippen molar-refractivity contribution in [3.05, 3.63) is 56.4 Å². The van der Waals surface area contributed by atoms with Gasteiger partial charge in [0.15, 0.2) is 5.01 Å². The summed E-state index contributed by atoms with van der Waals surface area (Å²) < 4.78 is 11.7. The maximum absolute atomic E-state index is 12.3. The molecule has 7 nitrogen and oxygen atoms in total. The molecule has 124 valence electrons. The summed E-state index contributed by atoms with van der Waals surface area (Å²) in [4.78, 5) is 28.8. The number of carbonyl (C=O) groups is 1. The molecule has 8 heteroatoms. The summed E-state index contributed by atoms with van der Waals surface area (Å²) in [5.74, 6) is -0.0605. The van der Waals surface area contributed by atoms with Crippen LogP contribution >= 0.6 is 11.3 Å². The molecule has 0 saturated carbocycles. The second-order valence-electron chi connectivity index (χ2n) is 5.21. The number of nitrogens with zero attached hydrogens (tertiary/aromatic N) is 3. The first-order chi connectivity index (χ1) is 11.5. The van der Waals surface area contributed by atoms with Crippen LogP contribution in [0.1, 0.15) is 26.6 Å². The number of methoxy groups -OCH3 is 1. The lowest BCUT2D eigenvalue weighted by Gasteiger charge is -2.08. The summed E-state index contributed by atoms with van der Waals surface area (Å²) in [5.41, 5.74) is 1.64. The molecule has 0 saturated heterocycles. The molecule has 3 aromatic rings. The van der Waals surface area contributed by atoms with Gasteiger partial charge in [0.05, 0.1) is 7.11 Å². The monoisotopic (exact) mass is 345 g/mol. The van der Waals surface area contributed by atoms with E-state index in [4.69, 9.17) is 9.47 Å². The summed E-state index contributed by atoms with van der Waals surface area (Å²) in [5, 5.41) is 4.62. The van der Waals surface area contributed by atoms with Crippen LogP contribution in [0.15, 0.2) is 29.1 Å². The highest BCUT2D eigenvalue weighted by Crippen LogP contribution is 2.21. The largest absolute Gasteiger partial charge is 0.496 e. The fourth-order valence-corrected chi connectivity index (χ4v) is 3.06. The van der Waals surface area contributed by atoms with Crippen molar-refractivity contribution in [2.75, 3.05) is 7.11 Å². The zero-order valence-corrected chi connectivity index (χ0v) is 14.2. The van der Waals surface area contributed by atoms with E-state index in [-0.39, 0.29) is 12.2 Å². The number of aryl methyl sites for hydroxylation is 2. The van der Waals surface area contributed by atoms with E-state index in [0.29, 0.717) is 27.0 Å². The average molecular weight is 345 g/mol. The molecule has 0 radical (unpaired) electrons. The summed E-state index contributed by atoms with van der Waals surface area (Å²) in [6.07, 6.45) is 0. The lowest BCUT2D eigenvalue weighted by atomic mass is 10.1. The van der Waals surface area contributed by atoms with Crippen molar-refractivity contribution in [3.8, 4) is 5.75 Å². The Morgan fingerprint density at radius 3 is 2.83 bits per heavy atom. The van der Waals surface area contributed by atoms with Crippen LogP contribution in [-0.4, -0.2) is 27.7 Å². The van der Waals surface area contributed by atoms with E-state index >= 15 is 0 Å². The predicted octanol–water partition coefficient (Wildman–Crippen LogP) is 2.13. The maximum Gasteiger partial charge on any atom is 0.342 e. The van der Waals surface area contributed by atoms with Crippen molar-refractivity contribution in [2.45, 2.75) is 20.5 Å². The first-order valence-electron chi connectivity index (χ1n) is 7.16. The standard InChI is InChI=1S/C16H15N3O4S/c1-9-4-5-12(22-3)11(6-9)15(21)23-8-13-18-19-14(20)7-10(2)17-16(19)24-13/h4-7H,8H2,1-3H3. The lowest BCUT2D eigenvalue weighted by molar-refractivity contribution is 0.0467. The number of esters is 1. The molecule has 2 heterocycles. The van der Waals surface area contributed by atoms with Crippen LogP contribution in [0.5, 0.6) is 5.75 Å². The highest BCUT2D eigenvalue weighted by Gasteiger charge is 2.16. The fourth-order valence-electron chi connectivity index (χ4n) is 2.20. The molecular formula is C16H15N3O4S. The first-order valence-corrected chi connectivity index (χ1v) is 7.98. The molecule has 0 bridgehead atoms. The Bertz CT molecular complexity index is 977. The van der Waals surface area contributed by atoms with Crippen LogP contribution in [-0.2, 0) is 11.3 Å². The van der Waals surface area contributed by atoms with Gasteiger partial charge in [0.1, 0.15) is 17.9 Å². The van der Waals surface area contributed by atoms with Gasteiger partial charge in [0, 0.05) is 11.8 Å². The molecule has 0 aliphatic heterocycles. The van der Waals surface area contributed by atoms with Gasteiger partial charge in [-0.05, 0) is 26.0 Å². The molecule has 1 aromatic carbocycles. The zero-order valence-electron chi connectivity index (χ0n) is 13.4. The van der Waals surface area contributed by atoms with E-state index < -0.39 is 5.97 Å². The van der Waals surface area contributed by atoms with E-state index in [0.717, 1.165) is 5.56 Å². The molecule has 0 spiro atoms. The van der Waals surface area contributed by atoms with Crippen molar-refractivity contribution in [2.24, 2.45) is 0 Å². The summed E-state index contributed by atoms with van der Waals surface area (Å²) in [6, 6.07) is 6.68. The maximum atomic E-state index is 12.3. The van der Waals surface area contributed by atoms with Crippen LogP contribution in [0, 0.1) is 13.8 Å². The lowest BCUT2D eigenvalue weighted by Crippen LogP contribution is -2.14. The van der Waals surface area contributed by atoms with Gasteiger partial charge in [0.25, 0.3) is 5.56 Å². The third-order valence-electron chi connectivity index (χ3n) is 3.32. The molecule has 0 aliphatic carbocycles. The van der Waals surface area contributed by atoms with E-state index in [2.05, 4.69) is 10.1 Å². The summed E-state index contributed by atoms with van der Waals surface area (Å²) in [7, 11) is 1.50. The Kier molecular flexibility index (Phi) is 4.30. The number of hydrogen-bond donors (Lipinski definition) is 0. The van der Waals surface area contributed by atoms with Gasteiger partial charge in [-0.3, -0.25) is 4.79 Å². The van der Waals surface area contributed by atoms with E-state index in [1.54, 1.807) is 19.1 Å². The minimum absolute atomic E-state index is 0.0392. The van der Waals surface area contributed by atoms with Gasteiger partial charge in [-0.25, -0.2) is 9.78 Å². The topological polar surface area (TPSA) is 82.8 Å². The Morgan fingerprint density at radius 1 is 1.29 bits per heavy atom. The normalized spacial score (nSPS) is 10.8. The van der Waals surface area contributed by atoms with Crippen molar-refractivity contribution in [3.63, 3.8) is 0 Å². The highest BCUT2D eigenvalue weighted by atomic mass is 32.1. The Balaban J connectivity index is 1.81. The third kappa shape index (κ3) is 3.13. The molecule has 2 aromatic heterocycles. The second kappa shape index (κ2) is 6.40. The van der Waals surface area contributed by atoms with Crippen LogP contribution in [0.2, 0.25) is 0 Å². The van der Waals surface area contributed by atoms with Crippen LogP contribution in [0.25, 0.3) is 4.96 Å². The molecule has 24 heavy (non-hydrogen) atoms. The molecule has 0 aliphatic rings. The first kappa shape index (κ1) is 16.1. The number of rotatable bonds is 4. The van der Waals surface area contributed by atoms with Crippen molar-refractivity contribution in [1.82, 2.24) is 14.6 Å². The minimum atomic E-state index is -0.508. The van der Waals surface area contributed by atoms with Gasteiger partial charge in [0.2, 0.25) is 4.96 Å². The van der Waals surface area contributed by atoms with E-state index in [9.17, 15) is 9.59 Å². The van der Waals surface area contributed by atoms with Crippen molar-refractivity contribution in [1.29, 1.82) is 0 Å². The quantitative estimate of drug-likeness (QED) is 0.674. The molecule has 3 rings (SSSR count). The van der Waals surface area contributed by atoms with Gasteiger partial charge in [-0.2, -0.15) is 9.61 Å². The van der Waals surface area contributed by atoms with Gasteiger partial charge < -0.3 is 9.47 Å². The Labute approximate surface area is 141 Å². The zero-order chi connectivity index (χ0) is 17.3. The second-order valence-corrected chi connectivity index (χ2v) is 6.25. The SMILES string of the molecule is COc1ccc(C)cc1C(=O)OCc1nn2c(=O)cc(C)nc2s1. The number of hydrogen-bond acceptors (Lipinski definition) is 7. The molecule has 0 amide bonds. The number of fused-ring (bicyclic) bond motifs is 1. The number of ether oxygens (including phenoxy) is 2. The predicted molar refractivity (Wildman–Crippen MR) is 88.7 cm³/mol. The van der Waals surface area contributed by atoms with E-state index in [1.807, 2.05) is 13.0 Å². The molecular weight excluding hydrogens is 330 g/mol. The molecule has 0 atom stereocenters. The summed E-state index contributed by atoms with van der Waals surface area (Å²) >= 11 is 1.21.